The van der Waals surface area contributed by atoms with Gasteiger partial charge in [0.2, 0.25) is 0 Å². The van der Waals surface area contributed by atoms with E-state index in [4.69, 9.17) is 6.57 Å². The molecule has 0 radical (unpaired) electrons. The maximum Gasteiger partial charge on any atom is 0.267 e. The van der Waals surface area contributed by atoms with Gasteiger partial charge in [-0.15, -0.1) is 0 Å². The summed E-state index contributed by atoms with van der Waals surface area (Å²) < 4.78 is 0. The van der Waals surface area contributed by atoms with Gasteiger partial charge in [-0.25, -0.2) is 0 Å². The maximum absolute atomic E-state index is 6.58. The molecule has 0 saturated carbocycles. The third-order valence-electron chi connectivity index (χ3n) is 1.10. The normalized spacial score (nSPS) is 17.0. The molecule has 1 rings (SSSR count). The zero-order chi connectivity index (χ0) is 5.98. The summed E-state index contributed by atoms with van der Waals surface area (Å²) in [7, 11) is 0. The maximum atomic E-state index is 6.58. The Bertz CT molecular complexity index is 193. The largest absolute Gasteiger partial charge is 0.361 e. The standard InChI is InChI=1S/C6H6N2/c1-5-3-4-8-6(5)7-2/h3H,4H2,1H3. The summed E-state index contributed by atoms with van der Waals surface area (Å²) in [5, 5.41) is 0. The molecule has 0 amide bonds. The number of amidine groups is 1. The van der Waals surface area contributed by atoms with E-state index in [-0.39, 0.29) is 0 Å². The van der Waals surface area contributed by atoms with Crippen molar-refractivity contribution >= 4 is 5.84 Å². The van der Waals surface area contributed by atoms with Crippen LogP contribution in [0, 0.1) is 6.57 Å². The van der Waals surface area contributed by atoms with E-state index in [1.54, 1.807) is 0 Å². The van der Waals surface area contributed by atoms with E-state index in [0.717, 1.165) is 5.57 Å². The van der Waals surface area contributed by atoms with Crippen LogP contribution in [0.4, 0.5) is 0 Å². The Morgan fingerprint density at radius 3 is 2.88 bits per heavy atom. The quantitative estimate of drug-likeness (QED) is 0.413. The van der Waals surface area contributed by atoms with Crippen LogP contribution >= 0.6 is 0 Å². The van der Waals surface area contributed by atoms with Gasteiger partial charge in [0.05, 0.1) is 0 Å². The Balaban J connectivity index is 2.86. The molecule has 0 aromatic heterocycles. The summed E-state index contributed by atoms with van der Waals surface area (Å²) >= 11 is 0. The Kier molecular flexibility index (Phi) is 1.13. The fraction of sp³-hybridized carbons (Fsp3) is 0.333. The molecule has 8 heavy (non-hydrogen) atoms. The highest BCUT2D eigenvalue weighted by Gasteiger charge is 2.05. The van der Waals surface area contributed by atoms with Gasteiger partial charge in [-0.3, -0.25) is 0 Å². The second-order valence-electron chi connectivity index (χ2n) is 1.66. The van der Waals surface area contributed by atoms with Gasteiger partial charge in [-0.05, 0) is 18.6 Å². The smallest absolute Gasteiger partial charge is 0.267 e. The first-order valence-electron chi connectivity index (χ1n) is 2.43. The van der Waals surface area contributed by atoms with Gasteiger partial charge < -0.3 is 4.85 Å². The van der Waals surface area contributed by atoms with Crippen molar-refractivity contribution in [1.82, 2.24) is 0 Å². The Hall–Kier alpha value is -1.10. The first-order valence-corrected chi connectivity index (χ1v) is 2.43. The molecule has 0 N–H and O–H groups in total. The average molecular weight is 106 g/mol. The minimum absolute atomic E-state index is 0.574. The molecule has 0 saturated heterocycles. The van der Waals surface area contributed by atoms with Crippen molar-refractivity contribution in [3.05, 3.63) is 23.1 Å². The summed E-state index contributed by atoms with van der Waals surface area (Å²) in [6.07, 6.45) is 1.95. The lowest BCUT2D eigenvalue weighted by molar-refractivity contribution is 1.28. The number of hydrogen-bond donors (Lipinski definition) is 0. The third kappa shape index (κ3) is 0.627. The number of aliphatic imine (C=N–C) groups is 1. The molecule has 0 atom stereocenters. The molecule has 2 nitrogen and oxygen atoms in total. The topological polar surface area (TPSA) is 16.7 Å². The molecule has 2 heteroatoms. The molecule has 0 unspecified atom stereocenters. The van der Waals surface area contributed by atoms with Crippen molar-refractivity contribution in [2.75, 3.05) is 6.54 Å². The van der Waals surface area contributed by atoms with Crippen molar-refractivity contribution < 1.29 is 0 Å². The summed E-state index contributed by atoms with van der Waals surface area (Å²) in [6.45, 7) is 9.19. The van der Waals surface area contributed by atoms with Gasteiger partial charge in [0.1, 0.15) is 6.54 Å². The average Bonchev–Trinajstić information content (AvgIpc) is 2.14. The molecule has 0 aromatic rings. The van der Waals surface area contributed by atoms with Gasteiger partial charge in [0.15, 0.2) is 0 Å². The fourth-order valence-electron chi connectivity index (χ4n) is 0.609. The van der Waals surface area contributed by atoms with Crippen LogP contribution < -0.4 is 0 Å². The van der Waals surface area contributed by atoms with Crippen molar-refractivity contribution in [3.8, 4) is 0 Å². The molecule has 0 aromatic carbocycles. The second-order valence-corrected chi connectivity index (χ2v) is 1.66. The molecule has 1 heterocycles. The molecule has 0 bridgehead atoms. The van der Waals surface area contributed by atoms with Gasteiger partial charge in [0, 0.05) is 0 Å². The van der Waals surface area contributed by atoms with Crippen molar-refractivity contribution in [2.24, 2.45) is 4.99 Å². The van der Waals surface area contributed by atoms with E-state index >= 15 is 0 Å². The van der Waals surface area contributed by atoms with Crippen molar-refractivity contribution in [1.29, 1.82) is 0 Å². The highest BCUT2D eigenvalue weighted by atomic mass is 14.9. The Morgan fingerprint density at radius 1 is 1.88 bits per heavy atom. The van der Waals surface area contributed by atoms with Crippen LogP contribution in [0.5, 0.6) is 0 Å². The summed E-state index contributed by atoms with van der Waals surface area (Å²) in [5.41, 5.74) is 1.01. The number of nitrogens with zero attached hydrogens (tertiary/aromatic N) is 2. The first-order chi connectivity index (χ1) is 3.84. The zero-order valence-electron chi connectivity index (χ0n) is 4.68. The van der Waals surface area contributed by atoms with Gasteiger partial charge >= 0.3 is 0 Å². The minimum Gasteiger partial charge on any atom is -0.361 e. The van der Waals surface area contributed by atoms with Crippen LogP contribution in [0.25, 0.3) is 4.85 Å². The number of rotatable bonds is 0. The summed E-state index contributed by atoms with van der Waals surface area (Å²) in [6, 6.07) is 0. The highest BCUT2D eigenvalue weighted by molar-refractivity contribution is 6.06. The molecule has 0 aliphatic carbocycles. The summed E-state index contributed by atoms with van der Waals surface area (Å²) in [4.78, 5) is 7.11. The monoisotopic (exact) mass is 106 g/mol. The predicted octanol–water partition coefficient (Wildman–Crippen LogP) is 1.26. The Labute approximate surface area is 48.4 Å². The van der Waals surface area contributed by atoms with Gasteiger partial charge in [-0.1, -0.05) is 6.57 Å². The van der Waals surface area contributed by atoms with Crippen LogP contribution in [-0.2, 0) is 0 Å². The second kappa shape index (κ2) is 1.79. The zero-order valence-corrected chi connectivity index (χ0v) is 4.68. The lowest BCUT2D eigenvalue weighted by atomic mass is 10.3. The van der Waals surface area contributed by atoms with E-state index in [1.165, 1.54) is 0 Å². The van der Waals surface area contributed by atoms with Crippen LogP contribution in [0.2, 0.25) is 0 Å². The molecular weight excluding hydrogens is 100 g/mol. The lowest BCUT2D eigenvalue weighted by Gasteiger charge is -1.84. The van der Waals surface area contributed by atoms with Crippen LogP contribution in [0.15, 0.2) is 16.6 Å². The van der Waals surface area contributed by atoms with Crippen LogP contribution in [0.3, 0.4) is 0 Å². The molecule has 0 fully saturated rings. The molecule has 1 aliphatic heterocycles. The number of hydrogen-bond acceptors (Lipinski definition) is 1. The van der Waals surface area contributed by atoms with E-state index in [2.05, 4.69) is 9.84 Å². The highest BCUT2D eigenvalue weighted by Crippen LogP contribution is 2.04. The third-order valence-corrected chi connectivity index (χ3v) is 1.10. The SMILES string of the molecule is [C-]#[N+]C1=NCC=C1C. The lowest BCUT2D eigenvalue weighted by Crippen LogP contribution is -1.84. The van der Waals surface area contributed by atoms with Crippen LogP contribution in [0.1, 0.15) is 6.92 Å². The van der Waals surface area contributed by atoms with Crippen molar-refractivity contribution in [3.63, 3.8) is 0 Å². The molecule has 1 aliphatic rings. The van der Waals surface area contributed by atoms with E-state index in [1.807, 2.05) is 13.0 Å². The van der Waals surface area contributed by atoms with E-state index in [0.29, 0.717) is 12.4 Å². The van der Waals surface area contributed by atoms with Gasteiger partial charge in [0.25, 0.3) is 5.84 Å². The summed E-state index contributed by atoms with van der Waals surface area (Å²) in [5.74, 6) is 0.574. The van der Waals surface area contributed by atoms with E-state index in [9.17, 15) is 0 Å². The van der Waals surface area contributed by atoms with Crippen molar-refractivity contribution in [2.45, 2.75) is 6.92 Å². The van der Waals surface area contributed by atoms with Gasteiger partial charge in [-0.2, -0.15) is 4.99 Å². The minimum atomic E-state index is 0.574. The molecule has 0 spiro atoms. The predicted molar refractivity (Wildman–Crippen MR) is 32.7 cm³/mol. The molecule has 40 valence electrons. The first kappa shape index (κ1) is 5.04. The van der Waals surface area contributed by atoms with E-state index < -0.39 is 0 Å². The molecular formula is C6H6N2. The van der Waals surface area contributed by atoms with Crippen LogP contribution in [-0.4, -0.2) is 12.4 Å². The fourth-order valence-corrected chi connectivity index (χ4v) is 0.609. The Morgan fingerprint density at radius 2 is 2.62 bits per heavy atom.